The SMILES string of the molecule is CC(NC(=O)C=Cc1nc2ccccc2s1)c1ccc(S(=O)(=O)N(C)C)cc1. The number of aromatic nitrogens is 1. The van der Waals surface area contributed by atoms with Crippen molar-refractivity contribution in [2.24, 2.45) is 0 Å². The zero-order valence-corrected chi connectivity index (χ0v) is 17.4. The lowest BCUT2D eigenvalue weighted by molar-refractivity contribution is -0.117. The van der Waals surface area contributed by atoms with Crippen molar-refractivity contribution >= 4 is 43.6 Å². The molecule has 0 aliphatic rings. The number of thiazole rings is 1. The highest BCUT2D eigenvalue weighted by Gasteiger charge is 2.17. The predicted molar refractivity (Wildman–Crippen MR) is 113 cm³/mol. The fourth-order valence-corrected chi connectivity index (χ4v) is 4.36. The van der Waals surface area contributed by atoms with Crippen LogP contribution in [0.1, 0.15) is 23.5 Å². The van der Waals surface area contributed by atoms with Crippen molar-refractivity contribution in [3.05, 3.63) is 65.2 Å². The van der Waals surface area contributed by atoms with Crippen LogP contribution in [0, 0.1) is 0 Å². The molecule has 1 aromatic heterocycles. The van der Waals surface area contributed by atoms with Crippen LogP contribution in [0.2, 0.25) is 0 Å². The smallest absolute Gasteiger partial charge is 0.244 e. The van der Waals surface area contributed by atoms with Gasteiger partial charge in [-0.3, -0.25) is 4.79 Å². The Kier molecular flexibility index (Phi) is 5.93. The largest absolute Gasteiger partial charge is 0.346 e. The number of rotatable bonds is 6. The molecule has 0 bridgehead atoms. The van der Waals surface area contributed by atoms with Gasteiger partial charge in [0.2, 0.25) is 15.9 Å². The summed E-state index contributed by atoms with van der Waals surface area (Å²) in [5.74, 6) is -0.239. The molecule has 1 atom stereocenters. The minimum Gasteiger partial charge on any atom is -0.346 e. The molecule has 28 heavy (non-hydrogen) atoms. The molecule has 0 radical (unpaired) electrons. The molecule has 0 saturated heterocycles. The van der Waals surface area contributed by atoms with Crippen LogP contribution in [0.5, 0.6) is 0 Å². The van der Waals surface area contributed by atoms with E-state index in [4.69, 9.17) is 0 Å². The van der Waals surface area contributed by atoms with E-state index < -0.39 is 10.0 Å². The quantitative estimate of drug-likeness (QED) is 0.626. The molecule has 0 aliphatic carbocycles. The normalized spacial score (nSPS) is 13.3. The average Bonchev–Trinajstić information content (AvgIpc) is 3.09. The predicted octanol–water partition coefficient (Wildman–Crippen LogP) is 3.44. The number of nitrogens with zero attached hydrogens (tertiary/aromatic N) is 2. The summed E-state index contributed by atoms with van der Waals surface area (Å²) in [6, 6.07) is 14.1. The summed E-state index contributed by atoms with van der Waals surface area (Å²) in [5, 5.41) is 3.64. The summed E-state index contributed by atoms with van der Waals surface area (Å²) in [6.07, 6.45) is 3.15. The highest BCUT2D eigenvalue weighted by Crippen LogP contribution is 2.22. The first-order chi connectivity index (χ1) is 13.3. The van der Waals surface area contributed by atoms with E-state index in [-0.39, 0.29) is 16.8 Å². The van der Waals surface area contributed by atoms with E-state index in [2.05, 4.69) is 10.3 Å². The average molecular weight is 416 g/mol. The number of carbonyl (C=O) groups excluding carboxylic acids is 1. The Morgan fingerprint density at radius 3 is 2.46 bits per heavy atom. The number of fused-ring (bicyclic) bond motifs is 1. The lowest BCUT2D eigenvalue weighted by Crippen LogP contribution is -2.25. The number of hydrogen-bond acceptors (Lipinski definition) is 5. The Hall–Kier alpha value is -2.55. The lowest BCUT2D eigenvalue weighted by atomic mass is 10.1. The van der Waals surface area contributed by atoms with Crippen LogP contribution in [-0.4, -0.2) is 37.7 Å². The van der Waals surface area contributed by atoms with Gasteiger partial charge >= 0.3 is 0 Å². The number of hydrogen-bond donors (Lipinski definition) is 1. The van der Waals surface area contributed by atoms with E-state index >= 15 is 0 Å². The topological polar surface area (TPSA) is 79.4 Å². The number of para-hydroxylation sites is 1. The molecule has 0 fully saturated rings. The summed E-state index contributed by atoms with van der Waals surface area (Å²) < 4.78 is 26.5. The van der Waals surface area contributed by atoms with Gasteiger partial charge in [-0.25, -0.2) is 17.7 Å². The zero-order valence-electron chi connectivity index (χ0n) is 15.8. The third kappa shape index (κ3) is 4.46. The van der Waals surface area contributed by atoms with E-state index in [0.29, 0.717) is 0 Å². The van der Waals surface area contributed by atoms with Gasteiger partial charge in [0.05, 0.1) is 21.2 Å². The highest BCUT2D eigenvalue weighted by atomic mass is 32.2. The molecule has 1 amide bonds. The van der Waals surface area contributed by atoms with Gasteiger partial charge in [0, 0.05) is 20.2 Å². The maximum absolute atomic E-state index is 12.2. The molecule has 0 aliphatic heterocycles. The van der Waals surface area contributed by atoms with Crippen molar-refractivity contribution in [2.75, 3.05) is 14.1 Å². The van der Waals surface area contributed by atoms with Crippen molar-refractivity contribution < 1.29 is 13.2 Å². The van der Waals surface area contributed by atoms with Crippen LogP contribution in [0.15, 0.2) is 59.5 Å². The van der Waals surface area contributed by atoms with Crippen LogP contribution in [0.3, 0.4) is 0 Å². The van der Waals surface area contributed by atoms with Crippen molar-refractivity contribution in [2.45, 2.75) is 17.9 Å². The molecule has 6 nitrogen and oxygen atoms in total. The van der Waals surface area contributed by atoms with Crippen molar-refractivity contribution in [1.29, 1.82) is 0 Å². The van der Waals surface area contributed by atoms with Crippen LogP contribution in [-0.2, 0) is 14.8 Å². The summed E-state index contributed by atoms with van der Waals surface area (Å²) in [6.45, 7) is 1.85. The first kappa shape index (κ1) is 20.2. The Labute approximate surface area is 168 Å². The maximum Gasteiger partial charge on any atom is 0.244 e. The summed E-state index contributed by atoms with van der Waals surface area (Å²) in [5.41, 5.74) is 1.73. The first-order valence-corrected chi connectivity index (χ1v) is 10.9. The fourth-order valence-electron chi connectivity index (χ4n) is 2.59. The van der Waals surface area contributed by atoms with Gasteiger partial charge in [0.1, 0.15) is 5.01 Å². The minimum absolute atomic E-state index is 0.218. The van der Waals surface area contributed by atoms with Crippen molar-refractivity contribution in [3.8, 4) is 0 Å². The number of carbonyl (C=O) groups is 1. The lowest BCUT2D eigenvalue weighted by Gasteiger charge is -2.15. The molecular formula is C20H21N3O3S2. The molecule has 146 valence electrons. The molecular weight excluding hydrogens is 394 g/mol. The maximum atomic E-state index is 12.2. The Morgan fingerprint density at radius 1 is 1.14 bits per heavy atom. The van der Waals surface area contributed by atoms with Gasteiger partial charge in [-0.15, -0.1) is 11.3 Å². The van der Waals surface area contributed by atoms with Crippen LogP contribution >= 0.6 is 11.3 Å². The number of amides is 1. The Morgan fingerprint density at radius 2 is 1.82 bits per heavy atom. The van der Waals surface area contributed by atoms with E-state index in [1.54, 1.807) is 30.3 Å². The van der Waals surface area contributed by atoms with Gasteiger partial charge in [0.15, 0.2) is 0 Å². The van der Waals surface area contributed by atoms with Crippen LogP contribution < -0.4 is 5.32 Å². The van der Waals surface area contributed by atoms with E-state index in [1.165, 1.54) is 35.8 Å². The zero-order chi connectivity index (χ0) is 20.3. The van der Waals surface area contributed by atoms with Crippen molar-refractivity contribution in [1.82, 2.24) is 14.6 Å². The van der Waals surface area contributed by atoms with Crippen LogP contribution in [0.4, 0.5) is 0 Å². The molecule has 3 aromatic rings. The standard InChI is InChI=1S/C20H21N3O3S2/c1-14(15-8-10-16(11-9-15)28(25,26)23(2)3)21-19(24)12-13-20-22-17-6-4-5-7-18(17)27-20/h4-14H,1-3H3,(H,21,24). The second-order valence-electron chi connectivity index (χ2n) is 6.44. The third-order valence-corrected chi connectivity index (χ3v) is 7.04. The highest BCUT2D eigenvalue weighted by molar-refractivity contribution is 7.89. The van der Waals surface area contributed by atoms with E-state index in [1.807, 2.05) is 31.2 Å². The van der Waals surface area contributed by atoms with Gasteiger partial charge < -0.3 is 5.32 Å². The Balaban J connectivity index is 1.65. The number of sulfonamides is 1. The molecule has 8 heteroatoms. The molecule has 3 rings (SSSR count). The summed E-state index contributed by atoms with van der Waals surface area (Å²) in [4.78, 5) is 16.9. The van der Waals surface area contributed by atoms with E-state index in [9.17, 15) is 13.2 Å². The Bertz CT molecular complexity index is 1080. The van der Waals surface area contributed by atoms with Gasteiger partial charge in [0.25, 0.3) is 0 Å². The van der Waals surface area contributed by atoms with Crippen molar-refractivity contribution in [3.63, 3.8) is 0 Å². The third-order valence-electron chi connectivity index (χ3n) is 4.21. The molecule has 1 unspecified atom stereocenters. The van der Waals surface area contributed by atoms with Gasteiger partial charge in [-0.1, -0.05) is 24.3 Å². The van der Waals surface area contributed by atoms with Crippen LogP contribution in [0.25, 0.3) is 16.3 Å². The molecule has 1 heterocycles. The second-order valence-corrected chi connectivity index (χ2v) is 9.65. The molecule has 1 N–H and O–H groups in total. The monoisotopic (exact) mass is 415 g/mol. The van der Waals surface area contributed by atoms with Gasteiger partial charge in [-0.2, -0.15) is 0 Å². The fraction of sp³-hybridized carbons (Fsp3) is 0.200. The van der Waals surface area contributed by atoms with Gasteiger partial charge in [-0.05, 0) is 42.8 Å². The second kappa shape index (κ2) is 8.22. The number of nitrogens with one attached hydrogen (secondary N) is 1. The summed E-state index contributed by atoms with van der Waals surface area (Å²) >= 11 is 1.52. The first-order valence-electron chi connectivity index (χ1n) is 8.64. The minimum atomic E-state index is -3.46. The number of benzene rings is 2. The molecule has 0 spiro atoms. The molecule has 2 aromatic carbocycles. The summed E-state index contributed by atoms with van der Waals surface area (Å²) in [7, 11) is -0.484. The molecule has 0 saturated carbocycles. The van der Waals surface area contributed by atoms with E-state index in [0.717, 1.165) is 20.8 Å².